The lowest BCUT2D eigenvalue weighted by molar-refractivity contribution is 0.182. The van der Waals surface area contributed by atoms with Crippen LogP contribution >= 0.6 is 0 Å². The van der Waals surface area contributed by atoms with Crippen molar-refractivity contribution in [2.75, 3.05) is 20.1 Å². The van der Waals surface area contributed by atoms with E-state index in [9.17, 15) is 9.59 Å². The Bertz CT molecular complexity index is 503. The molecule has 0 aliphatic carbocycles. The van der Waals surface area contributed by atoms with Crippen molar-refractivity contribution in [2.24, 2.45) is 11.5 Å². The number of nitrogens with zero attached hydrogens (tertiary/aromatic N) is 1. The lowest BCUT2D eigenvalue weighted by Crippen LogP contribution is -2.56. The number of likely N-dealkylation sites (N-methyl/N-ethyl adjacent to an activating group) is 1. The van der Waals surface area contributed by atoms with Crippen LogP contribution in [0.4, 0.5) is 9.59 Å². The summed E-state index contributed by atoms with van der Waals surface area (Å²) in [6.45, 7) is 16.1. The molecule has 0 aliphatic rings. The molecule has 0 saturated heterocycles. The molecule has 8 heteroatoms. The predicted octanol–water partition coefficient (Wildman–Crippen LogP) is 1.74. The van der Waals surface area contributed by atoms with Crippen molar-refractivity contribution in [3.05, 3.63) is 0 Å². The Morgan fingerprint density at radius 3 is 1.85 bits per heavy atom. The Balaban J connectivity index is 4.55. The average Bonchev–Trinajstić information content (AvgIpc) is 2.40. The highest BCUT2D eigenvalue weighted by atomic mass is 16.2. The van der Waals surface area contributed by atoms with E-state index in [0.717, 1.165) is 0 Å². The van der Waals surface area contributed by atoms with E-state index in [0.29, 0.717) is 25.9 Å². The van der Waals surface area contributed by atoms with Gasteiger partial charge < -0.3 is 32.3 Å². The van der Waals surface area contributed by atoms with Gasteiger partial charge in [0.2, 0.25) is 0 Å². The number of hydrogen-bond donors (Lipinski definition) is 5. The lowest BCUT2D eigenvalue weighted by Gasteiger charge is -2.35. The first-order chi connectivity index (χ1) is 11.8. The first kappa shape index (κ1) is 25.5. The van der Waals surface area contributed by atoms with Gasteiger partial charge in [-0.15, -0.1) is 0 Å². The third kappa shape index (κ3) is 13.3. The fraction of sp³-hybridized carbons (Fsp3) is 0.895. The van der Waals surface area contributed by atoms with Crippen molar-refractivity contribution >= 4 is 12.1 Å². The SMILES string of the molecule is CN(CC(C)(N)CCC(C)(C)NC(=O)NCC(C)(C)N)C(=O)NC(C)(C)C. The number of carbonyl (C=O) groups excluding carboxylic acids is 2. The van der Waals surface area contributed by atoms with Gasteiger partial charge in [0.05, 0.1) is 0 Å². The summed E-state index contributed by atoms with van der Waals surface area (Å²) in [5.41, 5.74) is 10.5. The van der Waals surface area contributed by atoms with Crippen molar-refractivity contribution < 1.29 is 9.59 Å². The van der Waals surface area contributed by atoms with Crippen molar-refractivity contribution in [1.29, 1.82) is 0 Å². The van der Waals surface area contributed by atoms with Crippen LogP contribution in [0, 0.1) is 0 Å². The van der Waals surface area contributed by atoms with Crippen LogP contribution < -0.4 is 27.4 Å². The second kappa shape index (κ2) is 9.10. The molecule has 1 unspecified atom stereocenters. The second-order valence-electron chi connectivity index (χ2n) is 10.4. The first-order valence-corrected chi connectivity index (χ1v) is 9.49. The third-order valence-corrected chi connectivity index (χ3v) is 3.90. The molecule has 0 aliphatic heterocycles. The van der Waals surface area contributed by atoms with Crippen LogP contribution in [0.2, 0.25) is 0 Å². The van der Waals surface area contributed by atoms with Gasteiger partial charge in [-0.05, 0) is 68.2 Å². The van der Waals surface area contributed by atoms with Crippen molar-refractivity contribution in [3.63, 3.8) is 0 Å². The molecule has 160 valence electrons. The number of carbonyl (C=O) groups is 2. The average molecular weight is 387 g/mol. The largest absolute Gasteiger partial charge is 0.336 e. The van der Waals surface area contributed by atoms with E-state index in [-0.39, 0.29) is 17.6 Å². The molecule has 0 aromatic rings. The van der Waals surface area contributed by atoms with Gasteiger partial charge in [-0.2, -0.15) is 0 Å². The summed E-state index contributed by atoms with van der Waals surface area (Å²) in [6, 6.07) is -0.403. The molecule has 8 nitrogen and oxygen atoms in total. The maximum absolute atomic E-state index is 12.2. The fourth-order valence-electron chi connectivity index (χ4n) is 2.43. The van der Waals surface area contributed by atoms with E-state index >= 15 is 0 Å². The molecule has 0 fully saturated rings. The van der Waals surface area contributed by atoms with Gasteiger partial charge in [0.25, 0.3) is 0 Å². The smallest absolute Gasteiger partial charge is 0.317 e. The highest BCUT2D eigenvalue weighted by Gasteiger charge is 2.29. The Morgan fingerprint density at radius 1 is 0.889 bits per heavy atom. The molecular weight excluding hydrogens is 344 g/mol. The number of nitrogens with two attached hydrogens (primary N) is 2. The second-order valence-corrected chi connectivity index (χ2v) is 10.4. The standard InChI is InChI=1S/C19H42N6O2/c1-16(2,3)24-15(27)25(9)13-19(8,21)11-10-18(6,7)23-14(26)22-12-17(4,5)20/h10-13,20-21H2,1-9H3,(H,24,27)(H2,22,23,26). The Kier molecular flexibility index (Phi) is 8.58. The van der Waals surface area contributed by atoms with Crippen LogP contribution in [0.25, 0.3) is 0 Å². The minimum Gasteiger partial charge on any atom is -0.336 e. The number of urea groups is 2. The topological polar surface area (TPSA) is 126 Å². The summed E-state index contributed by atoms with van der Waals surface area (Å²) >= 11 is 0. The normalized spacial score (nSPS) is 14.9. The number of nitrogens with one attached hydrogen (secondary N) is 3. The van der Waals surface area contributed by atoms with Crippen LogP contribution in [0.1, 0.15) is 68.2 Å². The number of hydrogen-bond acceptors (Lipinski definition) is 4. The molecule has 0 rings (SSSR count). The summed E-state index contributed by atoms with van der Waals surface area (Å²) < 4.78 is 0. The lowest BCUT2D eigenvalue weighted by atomic mass is 9.88. The summed E-state index contributed by atoms with van der Waals surface area (Å²) in [6.07, 6.45) is 1.32. The zero-order valence-electron chi connectivity index (χ0n) is 18.7. The molecule has 0 aromatic heterocycles. The zero-order valence-corrected chi connectivity index (χ0v) is 18.7. The fourth-order valence-corrected chi connectivity index (χ4v) is 2.43. The molecule has 0 radical (unpaired) electrons. The minimum atomic E-state index is -0.571. The van der Waals surface area contributed by atoms with E-state index in [1.165, 1.54) is 0 Å². The van der Waals surface area contributed by atoms with E-state index in [1.54, 1.807) is 11.9 Å². The molecule has 1 atom stereocenters. The molecule has 4 amide bonds. The third-order valence-electron chi connectivity index (χ3n) is 3.90. The minimum absolute atomic E-state index is 0.152. The predicted molar refractivity (Wildman–Crippen MR) is 112 cm³/mol. The molecule has 0 bridgehead atoms. The molecular formula is C19H42N6O2. The zero-order chi connectivity index (χ0) is 21.7. The molecule has 0 aromatic carbocycles. The molecule has 0 spiro atoms. The van der Waals surface area contributed by atoms with Gasteiger partial charge >= 0.3 is 12.1 Å². The summed E-state index contributed by atoms with van der Waals surface area (Å²) in [5.74, 6) is 0. The molecule has 7 N–H and O–H groups in total. The maximum atomic E-state index is 12.2. The Morgan fingerprint density at radius 2 is 1.41 bits per heavy atom. The van der Waals surface area contributed by atoms with Crippen molar-refractivity contribution in [3.8, 4) is 0 Å². The van der Waals surface area contributed by atoms with Gasteiger partial charge in [-0.3, -0.25) is 0 Å². The summed E-state index contributed by atoms with van der Waals surface area (Å²) in [7, 11) is 1.73. The van der Waals surface area contributed by atoms with E-state index in [2.05, 4.69) is 16.0 Å². The van der Waals surface area contributed by atoms with Gasteiger partial charge in [0.15, 0.2) is 0 Å². The van der Waals surface area contributed by atoms with Crippen molar-refractivity contribution in [1.82, 2.24) is 20.9 Å². The highest BCUT2D eigenvalue weighted by molar-refractivity contribution is 5.75. The van der Waals surface area contributed by atoms with E-state index < -0.39 is 16.6 Å². The van der Waals surface area contributed by atoms with Gasteiger partial charge in [0.1, 0.15) is 0 Å². The van der Waals surface area contributed by atoms with E-state index in [1.807, 2.05) is 55.4 Å². The summed E-state index contributed by atoms with van der Waals surface area (Å²) in [4.78, 5) is 25.9. The monoisotopic (exact) mass is 386 g/mol. The number of rotatable bonds is 8. The number of amides is 4. The first-order valence-electron chi connectivity index (χ1n) is 9.49. The Hall–Kier alpha value is -1.54. The molecule has 0 heterocycles. The van der Waals surface area contributed by atoms with Crippen LogP contribution in [-0.2, 0) is 0 Å². The highest BCUT2D eigenvalue weighted by Crippen LogP contribution is 2.19. The summed E-state index contributed by atoms with van der Waals surface area (Å²) in [5, 5.41) is 8.65. The van der Waals surface area contributed by atoms with Crippen LogP contribution in [-0.4, -0.2) is 59.3 Å². The van der Waals surface area contributed by atoms with E-state index in [4.69, 9.17) is 11.5 Å². The Labute approximate surface area is 165 Å². The maximum Gasteiger partial charge on any atom is 0.317 e. The van der Waals surface area contributed by atoms with Crippen molar-refractivity contribution in [2.45, 2.75) is 90.4 Å². The van der Waals surface area contributed by atoms with Gasteiger partial charge in [0, 0.05) is 42.3 Å². The van der Waals surface area contributed by atoms with Gasteiger partial charge in [-0.1, -0.05) is 0 Å². The molecule has 27 heavy (non-hydrogen) atoms. The van der Waals surface area contributed by atoms with Crippen LogP contribution in [0.5, 0.6) is 0 Å². The van der Waals surface area contributed by atoms with Gasteiger partial charge in [-0.25, -0.2) is 9.59 Å². The van der Waals surface area contributed by atoms with Crippen LogP contribution in [0.15, 0.2) is 0 Å². The molecule has 0 saturated carbocycles. The van der Waals surface area contributed by atoms with Crippen LogP contribution in [0.3, 0.4) is 0 Å². The quantitative estimate of drug-likeness (QED) is 0.435.